The molecule has 0 bridgehead atoms. The molecule has 0 aromatic heterocycles. The van der Waals surface area contributed by atoms with Gasteiger partial charge in [0.15, 0.2) is 0 Å². The standard InChI is InChI=1S/C22H22F3N3O4/c1-30-19-5-3-2-4-17(19)26-20(29)31-28-12-10-21(11-13-28)14-18(27-32-21)15-6-8-16(9-7-15)22(23,24)25/h2-9H,10-14H2,1H3,(H,26,29). The summed E-state index contributed by atoms with van der Waals surface area (Å²) >= 11 is 0. The number of ether oxygens (including phenoxy) is 1. The zero-order valence-electron chi connectivity index (χ0n) is 17.3. The Balaban J connectivity index is 1.29. The largest absolute Gasteiger partial charge is 0.495 e. The second-order valence-electron chi connectivity index (χ2n) is 7.70. The molecular weight excluding hydrogens is 427 g/mol. The molecule has 2 aliphatic heterocycles. The number of carbonyl (C=O) groups excluding carboxylic acids is 1. The van der Waals surface area contributed by atoms with E-state index in [1.54, 1.807) is 29.3 Å². The number of benzene rings is 2. The van der Waals surface area contributed by atoms with Crippen molar-refractivity contribution in [3.63, 3.8) is 0 Å². The van der Waals surface area contributed by atoms with Crippen LogP contribution in [0.5, 0.6) is 5.75 Å². The van der Waals surface area contributed by atoms with Crippen molar-refractivity contribution in [3.05, 3.63) is 59.7 Å². The topological polar surface area (TPSA) is 72.4 Å². The van der Waals surface area contributed by atoms with Gasteiger partial charge in [-0.1, -0.05) is 29.4 Å². The molecule has 2 aromatic carbocycles. The molecular formula is C22H22F3N3O4. The molecule has 4 rings (SSSR count). The van der Waals surface area contributed by atoms with E-state index in [-0.39, 0.29) is 0 Å². The van der Waals surface area contributed by atoms with E-state index in [0.29, 0.717) is 55.1 Å². The minimum absolute atomic E-state index is 0.440. The molecule has 1 N–H and O–H groups in total. The van der Waals surface area contributed by atoms with E-state index in [2.05, 4.69) is 10.5 Å². The van der Waals surface area contributed by atoms with E-state index >= 15 is 0 Å². The van der Waals surface area contributed by atoms with Crippen molar-refractivity contribution in [2.24, 2.45) is 5.16 Å². The number of nitrogens with zero attached hydrogens (tertiary/aromatic N) is 2. The average molecular weight is 449 g/mol. The third-order valence-corrected chi connectivity index (χ3v) is 5.57. The van der Waals surface area contributed by atoms with Crippen LogP contribution in [0.25, 0.3) is 0 Å². The average Bonchev–Trinajstić information content (AvgIpc) is 3.19. The van der Waals surface area contributed by atoms with Gasteiger partial charge >= 0.3 is 12.3 Å². The van der Waals surface area contributed by atoms with Crippen LogP contribution in [0.1, 0.15) is 30.4 Å². The lowest BCUT2D eigenvalue weighted by atomic mass is 9.86. The Kier molecular flexibility index (Phi) is 5.96. The van der Waals surface area contributed by atoms with Crippen LogP contribution in [-0.2, 0) is 15.9 Å². The number of piperidine rings is 1. The van der Waals surface area contributed by atoms with Gasteiger partial charge in [-0.25, -0.2) is 4.79 Å². The third-order valence-electron chi connectivity index (χ3n) is 5.57. The molecule has 2 heterocycles. The summed E-state index contributed by atoms with van der Waals surface area (Å²) in [7, 11) is 1.51. The Hall–Kier alpha value is -3.27. The predicted molar refractivity (Wildman–Crippen MR) is 110 cm³/mol. The van der Waals surface area contributed by atoms with Gasteiger partial charge < -0.3 is 14.4 Å². The second-order valence-corrected chi connectivity index (χ2v) is 7.70. The van der Waals surface area contributed by atoms with Gasteiger partial charge in [0, 0.05) is 32.4 Å². The Morgan fingerprint density at radius 2 is 1.81 bits per heavy atom. The number of hydrogen-bond acceptors (Lipinski definition) is 6. The van der Waals surface area contributed by atoms with Gasteiger partial charge in [-0.05, 0) is 29.8 Å². The summed E-state index contributed by atoms with van der Waals surface area (Å²) in [6.45, 7) is 0.879. The highest BCUT2D eigenvalue weighted by molar-refractivity contribution is 6.01. The Morgan fingerprint density at radius 3 is 2.47 bits per heavy atom. The van der Waals surface area contributed by atoms with Gasteiger partial charge in [-0.2, -0.15) is 13.2 Å². The molecule has 32 heavy (non-hydrogen) atoms. The van der Waals surface area contributed by atoms with Crippen molar-refractivity contribution in [1.82, 2.24) is 5.06 Å². The first-order valence-corrected chi connectivity index (χ1v) is 10.1. The minimum Gasteiger partial charge on any atom is -0.495 e. The van der Waals surface area contributed by atoms with E-state index in [4.69, 9.17) is 14.4 Å². The zero-order valence-corrected chi connectivity index (χ0v) is 17.3. The monoisotopic (exact) mass is 449 g/mol. The summed E-state index contributed by atoms with van der Waals surface area (Å²) in [5, 5.41) is 8.32. The van der Waals surface area contributed by atoms with Crippen molar-refractivity contribution >= 4 is 17.5 Å². The maximum Gasteiger partial charge on any atom is 0.430 e. The summed E-state index contributed by atoms with van der Waals surface area (Å²) in [5.41, 5.74) is 0.470. The number of hydrogen-bond donors (Lipinski definition) is 1. The molecule has 0 unspecified atom stereocenters. The number of oxime groups is 1. The van der Waals surface area contributed by atoms with Crippen LogP contribution in [0.3, 0.4) is 0 Å². The lowest BCUT2D eigenvalue weighted by molar-refractivity contribution is -0.154. The maximum atomic E-state index is 12.8. The van der Waals surface area contributed by atoms with E-state index in [1.165, 1.54) is 19.2 Å². The van der Waals surface area contributed by atoms with Crippen molar-refractivity contribution in [3.8, 4) is 5.75 Å². The quantitative estimate of drug-likeness (QED) is 0.724. The van der Waals surface area contributed by atoms with Gasteiger partial charge in [-0.15, -0.1) is 5.06 Å². The third kappa shape index (κ3) is 4.80. The molecule has 0 radical (unpaired) electrons. The smallest absolute Gasteiger partial charge is 0.430 e. The zero-order chi connectivity index (χ0) is 22.8. The number of methoxy groups -OCH3 is 1. The maximum absolute atomic E-state index is 12.8. The molecule has 2 aliphatic rings. The number of amides is 1. The first kappa shape index (κ1) is 21.9. The van der Waals surface area contributed by atoms with Crippen molar-refractivity contribution in [1.29, 1.82) is 0 Å². The fourth-order valence-corrected chi connectivity index (χ4v) is 3.78. The van der Waals surface area contributed by atoms with Crippen LogP contribution in [0.4, 0.5) is 23.7 Å². The number of anilines is 1. The highest BCUT2D eigenvalue weighted by Crippen LogP contribution is 2.37. The molecule has 10 heteroatoms. The molecule has 7 nitrogen and oxygen atoms in total. The Morgan fingerprint density at radius 1 is 1.12 bits per heavy atom. The van der Waals surface area contributed by atoms with Crippen LogP contribution in [0.15, 0.2) is 53.7 Å². The lowest BCUT2D eigenvalue weighted by Crippen LogP contribution is -2.45. The molecule has 0 atom stereocenters. The van der Waals surface area contributed by atoms with Gasteiger partial charge in [0.25, 0.3) is 0 Å². The molecule has 1 saturated heterocycles. The van der Waals surface area contributed by atoms with Crippen LogP contribution in [0, 0.1) is 0 Å². The number of alkyl halides is 3. The van der Waals surface area contributed by atoms with E-state index in [9.17, 15) is 18.0 Å². The van der Waals surface area contributed by atoms with E-state index in [0.717, 1.165) is 12.1 Å². The molecule has 2 aromatic rings. The molecule has 0 aliphatic carbocycles. The van der Waals surface area contributed by atoms with E-state index < -0.39 is 23.4 Å². The van der Waals surface area contributed by atoms with Crippen LogP contribution in [0.2, 0.25) is 0 Å². The Bertz CT molecular complexity index is 1000. The van der Waals surface area contributed by atoms with Crippen molar-refractivity contribution < 1.29 is 32.4 Å². The van der Waals surface area contributed by atoms with Gasteiger partial charge in [0.1, 0.15) is 11.4 Å². The number of carbonyl (C=O) groups is 1. The number of rotatable bonds is 4. The van der Waals surface area contributed by atoms with Gasteiger partial charge in [-0.3, -0.25) is 5.32 Å². The van der Waals surface area contributed by atoms with Crippen molar-refractivity contribution in [2.45, 2.75) is 31.0 Å². The van der Waals surface area contributed by atoms with Crippen LogP contribution < -0.4 is 10.1 Å². The highest BCUT2D eigenvalue weighted by atomic mass is 19.4. The summed E-state index contributed by atoms with van der Waals surface area (Å²) in [5.74, 6) is 0.523. The van der Waals surface area contributed by atoms with Crippen LogP contribution in [-0.4, -0.2) is 42.7 Å². The summed E-state index contributed by atoms with van der Waals surface area (Å²) < 4.78 is 43.5. The summed E-state index contributed by atoms with van der Waals surface area (Å²) in [6.07, 6.45) is -3.40. The highest BCUT2D eigenvalue weighted by Gasteiger charge is 2.43. The molecule has 1 amide bonds. The number of halogens is 3. The summed E-state index contributed by atoms with van der Waals surface area (Å²) in [6, 6.07) is 11.9. The predicted octanol–water partition coefficient (Wildman–Crippen LogP) is 4.84. The fraction of sp³-hybridized carbons (Fsp3) is 0.364. The number of para-hydroxylation sites is 2. The first-order chi connectivity index (χ1) is 15.3. The molecule has 0 saturated carbocycles. The van der Waals surface area contributed by atoms with Crippen LogP contribution >= 0.6 is 0 Å². The summed E-state index contributed by atoms with van der Waals surface area (Å²) in [4.78, 5) is 23.3. The number of nitrogens with one attached hydrogen (secondary N) is 1. The number of hydroxylamine groups is 2. The van der Waals surface area contributed by atoms with Gasteiger partial charge in [0.2, 0.25) is 0 Å². The Labute approximate surface area is 182 Å². The van der Waals surface area contributed by atoms with Crippen molar-refractivity contribution in [2.75, 3.05) is 25.5 Å². The lowest BCUT2D eigenvalue weighted by Gasteiger charge is -2.35. The SMILES string of the molecule is COc1ccccc1NC(=O)ON1CCC2(CC1)CC(c1ccc(C(F)(F)F)cc1)=NO2. The molecule has 1 spiro atoms. The van der Waals surface area contributed by atoms with Gasteiger partial charge in [0.05, 0.1) is 24.1 Å². The van der Waals surface area contributed by atoms with E-state index in [1.807, 2.05) is 0 Å². The molecule has 170 valence electrons. The minimum atomic E-state index is -4.38. The normalized spacial score (nSPS) is 18.1. The second kappa shape index (κ2) is 8.70. The fourth-order valence-electron chi connectivity index (χ4n) is 3.78. The first-order valence-electron chi connectivity index (χ1n) is 10.1. The molecule has 1 fully saturated rings.